The van der Waals surface area contributed by atoms with Crippen molar-refractivity contribution in [2.24, 2.45) is 0 Å². The summed E-state index contributed by atoms with van der Waals surface area (Å²) >= 11 is 18.8. The van der Waals surface area contributed by atoms with Gasteiger partial charge in [-0.25, -0.2) is 0 Å². The van der Waals surface area contributed by atoms with Crippen LogP contribution in [0.4, 0.5) is 0 Å². The molecule has 0 amide bonds. The predicted molar refractivity (Wildman–Crippen MR) is 70.5 cm³/mol. The van der Waals surface area contributed by atoms with E-state index in [4.69, 9.17) is 27.9 Å². The molecule has 82 valence electrons. The van der Waals surface area contributed by atoms with Crippen LogP contribution in [0.3, 0.4) is 0 Å². The van der Waals surface area contributed by atoms with Crippen molar-refractivity contribution in [2.75, 3.05) is 5.33 Å². The van der Waals surface area contributed by atoms with Crippen molar-refractivity contribution in [3.05, 3.63) is 26.7 Å². The standard InChI is InChI=1S/C10H8Br2Cl2O/c11-5-10(1-2-10)15-9-4-7(13)6(12)3-8(9)14/h3-4H,1-2,5H2. The highest BCUT2D eigenvalue weighted by molar-refractivity contribution is 9.10. The number of alkyl halides is 1. The fourth-order valence-corrected chi connectivity index (χ4v) is 2.72. The first kappa shape index (κ1) is 12.0. The molecule has 0 heterocycles. The van der Waals surface area contributed by atoms with Crippen LogP contribution in [0.15, 0.2) is 16.6 Å². The molecule has 0 bridgehead atoms. The van der Waals surface area contributed by atoms with Gasteiger partial charge in [0.15, 0.2) is 0 Å². The quantitative estimate of drug-likeness (QED) is 0.530. The second-order valence-electron chi connectivity index (χ2n) is 3.62. The van der Waals surface area contributed by atoms with Gasteiger partial charge in [-0.3, -0.25) is 0 Å². The van der Waals surface area contributed by atoms with Crippen LogP contribution in [0.1, 0.15) is 12.8 Å². The molecule has 0 aliphatic heterocycles. The van der Waals surface area contributed by atoms with E-state index >= 15 is 0 Å². The molecule has 1 aromatic carbocycles. The molecule has 2 rings (SSSR count). The zero-order valence-corrected chi connectivity index (χ0v) is 12.4. The molecule has 0 saturated heterocycles. The molecule has 0 aromatic heterocycles. The van der Waals surface area contributed by atoms with E-state index < -0.39 is 0 Å². The van der Waals surface area contributed by atoms with Gasteiger partial charge in [-0.2, -0.15) is 0 Å². The van der Waals surface area contributed by atoms with E-state index in [1.54, 1.807) is 12.1 Å². The van der Waals surface area contributed by atoms with Crippen LogP contribution >= 0.6 is 55.1 Å². The summed E-state index contributed by atoms with van der Waals surface area (Å²) < 4.78 is 6.63. The normalized spacial score (nSPS) is 17.6. The molecule has 0 atom stereocenters. The highest BCUT2D eigenvalue weighted by Gasteiger charge is 2.44. The first-order chi connectivity index (χ1) is 7.06. The van der Waals surface area contributed by atoms with Crippen molar-refractivity contribution < 1.29 is 4.74 Å². The molecule has 1 nitrogen and oxygen atoms in total. The predicted octanol–water partition coefficient (Wildman–Crippen LogP) is 5.06. The minimum Gasteiger partial charge on any atom is -0.485 e. The van der Waals surface area contributed by atoms with Gasteiger partial charge >= 0.3 is 0 Å². The Labute approximate surface area is 115 Å². The van der Waals surface area contributed by atoms with Crippen molar-refractivity contribution in [1.29, 1.82) is 0 Å². The second-order valence-corrected chi connectivity index (χ2v) is 5.84. The minimum absolute atomic E-state index is 0.0687. The number of ether oxygens (including phenoxy) is 1. The van der Waals surface area contributed by atoms with E-state index in [0.29, 0.717) is 15.8 Å². The molecule has 15 heavy (non-hydrogen) atoms. The summed E-state index contributed by atoms with van der Waals surface area (Å²) in [4.78, 5) is 0. The molecule has 0 radical (unpaired) electrons. The SMILES string of the molecule is Clc1cc(OC2(CBr)CC2)c(Cl)cc1Br. The maximum Gasteiger partial charge on any atom is 0.140 e. The third-order valence-corrected chi connectivity index (χ3v) is 4.87. The van der Waals surface area contributed by atoms with Crippen LogP contribution in [0.5, 0.6) is 5.75 Å². The zero-order valence-electron chi connectivity index (χ0n) is 7.70. The van der Waals surface area contributed by atoms with Crippen molar-refractivity contribution in [1.82, 2.24) is 0 Å². The number of hydrogen-bond acceptors (Lipinski definition) is 1. The fraction of sp³-hybridized carbons (Fsp3) is 0.400. The molecule has 1 saturated carbocycles. The van der Waals surface area contributed by atoms with Gasteiger partial charge in [-0.1, -0.05) is 39.1 Å². The summed E-state index contributed by atoms with van der Waals surface area (Å²) in [5, 5.41) is 2.02. The van der Waals surface area contributed by atoms with Gasteiger partial charge in [0.2, 0.25) is 0 Å². The van der Waals surface area contributed by atoms with Gasteiger partial charge in [0.05, 0.1) is 10.0 Å². The highest BCUT2D eigenvalue weighted by Crippen LogP contribution is 2.44. The molecule has 5 heteroatoms. The maximum atomic E-state index is 6.06. The molecular formula is C10H8Br2Cl2O. The van der Waals surface area contributed by atoms with Crippen LogP contribution in [0, 0.1) is 0 Å². The molecular weight excluding hydrogens is 367 g/mol. The van der Waals surface area contributed by atoms with Gasteiger partial charge in [-0.15, -0.1) is 0 Å². The zero-order chi connectivity index (χ0) is 11.1. The van der Waals surface area contributed by atoms with Crippen molar-refractivity contribution >= 4 is 55.1 Å². The van der Waals surface area contributed by atoms with E-state index in [-0.39, 0.29) is 5.60 Å². The Hall–Kier alpha value is 0.560. The molecule has 1 fully saturated rings. The van der Waals surface area contributed by atoms with Crippen molar-refractivity contribution in [3.63, 3.8) is 0 Å². The average Bonchev–Trinajstić information content (AvgIpc) is 2.95. The molecule has 1 aliphatic rings. The van der Waals surface area contributed by atoms with Gasteiger partial charge in [-0.05, 0) is 34.8 Å². The lowest BCUT2D eigenvalue weighted by atomic mass is 10.3. The molecule has 0 unspecified atom stereocenters. The first-order valence-electron chi connectivity index (χ1n) is 4.46. The van der Waals surface area contributed by atoms with E-state index in [9.17, 15) is 0 Å². The van der Waals surface area contributed by atoms with E-state index in [0.717, 1.165) is 22.6 Å². The Morgan fingerprint density at radius 3 is 2.47 bits per heavy atom. The highest BCUT2D eigenvalue weighted by atomic mass is 79.9. The third kappa shape index (κ3) is 2.63. The Kier molecular flexibility index (Phi) is 3.56. The lowest BCUT2D eigenvalue weighted by molar-refractivity contribution is 0.206. The molecule has 0 N–H and O–H groups in total. The summed E-state index contributed by atoms with van der Waals surface area (Å²) in [5.41, 5.74) is -0.0687. The monoisotopic (exact) mass is 372 g/mol. The Morgan fingerprint density at radius 1 is 1.27 bits per heavy atom. The third-order valence-electron chi connectivity index (χ3n) is 2.35. The first-order valence-corrected chi connectivity index (χ1v) is 7.13. The van der Waals surface area contributed by atoms with Gasteiger partial charge in [0.1, 0.15) is 11.4 Å². The molecule has 1 aromatic rings. The summed E-state index contributed by atoms with van der Waals surface area (Å²) in [6.45, 7) is 0. The Bertz CT molecular complexity index is 391. The van der Waals surface area contributed by atoms with Gasteiger partial charge < -0.3 is 4.74 Å². The minimum atomic E-state index is -0.0687. The largest absolute Gasteiger partial charge is 0.485 e. The Morgan fingerprint density at radius 2 is 1.93 bits per heavy atom. The van der Waals surface area contributed by atoms with Gasteiger partial charge in [0, 0.05) is 15.9 Å². The number of rotatable bonds is 3. The van der Waals surface area contributed by atoms with Crippen molar-refractivity contribution in [3.8, 4) is 5.75 Å². The van der Waals surface area contributed by atoms with Crippen LogP contribution < -0.4 is 4.74 Å². The summed E-state index contributed by atoms with van der Waals surface area (Å²) in [7, 11) is 0. The second kappa shape index (κ2) is 4.44. The number of hydrogen-bond donors (Lipinski definition) is 0. The molecule has 0 spiro atoms. The molecule has 1 aliphatic carbocycles. The fourth-order valence-electron chi connectivity index (χ4n) is 1.22. The Balaban J connectivity index is 2.25. The maximum absolute atomic E-state index is 6.06. The lowest BCUT2D eigenvalue weighted by Crippen LogP contribution is -2.19. The van der Waals surface area contributed by atoms with Crippen LogP contribution in [0.2, 0.25) is 10.0 Å². The van der Waals surface area contributed by atoms with Crippen molar-refractivity contribution in [2.45, 2.75) is 18.4 Å². The van der Waals surface area contributed by atoms with Crippen LogP contribution in [-0.4, -0.2) is 10.9 Å². The summed E-state index contributed by atoms with van der Waals surface area (Å²) in [6, 6.07) is 3.50. The van der Waals surface area contributed by atoms with Gasteiger partial charge in [0.25, 0.3) is 0 Å². The summed E-state index contributed by atoms with van der Waals surface area (Å²) in [6.07, 6.45) is 2.12. The summed E-state index contributed by atoms with van der Waals surface area (Å²) in [5.74, 6) is 0.654. The smallest absolute Gasteiger partial charge is 0.140 e. The number of benzene rings is 1. The lowest BCUT2D eigenvalue weighted by Gasteiger charge is -2.16. The van der Waals surface area contributed by atoms with Crippen LogP contribution in [-0.2, 0) is 0 Å². The van der Waals surface area contributed by atoms with E-state index in [2.05, 4.69) is 31.9 Å². The van der Waals surface area contributed by atoms with E-state index in [1.165, 1.54) is 0 Å². The van der Waals surface area contributed by atoms with E-state index in [1.807, 2.05) is 0 Å². The topological polar surface area (TPSA) is 9.23 Å². The average molecular weight is 375 g/mol. The number of halogens is 4. The van der Waals surface area contributed by atoms with Crippen LogP contribution in [0.25, 0.3) is 0 Å².